The molecule has 1 heterocycles. The summed E-state index contributed by atoms with van der Waals surface area (Å²) < 4.78 is 0. The molecule has 4 nitrogen and oxygen atoms in total. The highest BCUT2D eigenvalue weighted by atomic mass is 35.5. The van der Waals surface area contributed by atoms with Crippen LogP contribution in [0.4, 0.5) is 11.4 Å². The van der Waals surface area contributed by atoms with Crippen molar-refractivity contribution in [2.24, 2.45) is 0 Å². The predicted molar refractivity (Wildman–Crippen MR) is 133 cm³/mol. The minimum absolute atomic E-state index is 0.174. The minimum Gasteiger partial charge on any atom is -0.350 e. The maximum absolute atomic E-state index is 13.4. The Balaban J connectivity index is 1.77. The van der Waals surface area contributed by atoms with Gasteiger partial charge in [0, 0.05) is 15.6 Å². The predicted octanol–water partition coefficient (Wildman–Crippen LogP) is 7.25. The van der Waals surface area contributed by atoms with Crippen LogP contribution < -0.4 is 10.2 Å². The third-order valence-corrected chi connectivity index (χ3v) is 6.81. The zero-order valence-corrected chi connectivity index (χ0v) is 20.2. The Labute approximate surface area is 205 Å². The van der Waals surface area contributed by atoms with Crippen LogP contribution in [0.25, 0.3) is 0 Å². The molecule has 0 saturated heterocycles. The molecular weight excluding hydrogens is 487 g/mol. The molecule has 1 aliphatic rings. The van der Waals surface area contributed by atoms with Crippen LogP contribution >= 0.6 is 46.6 Å². The number of nitrogens with one attached hydrogen (secondary N) is 1. The van der Waals surface area contributed by atoms with Crippen LogP contribution in [0.2, 0.25) is 15.1 Å². The Morgan fingerprint density at radius 2 is 1.44 bits per heavy atom. The summed E-state index contributed by atoms with van der Waals surface area (Å²) in [5.41, 5.74) is 3.16. The third kappa shape index (κ3) is 4.66. The normalized spacial score (nSPS) is 13.8. The third-order valence-electron chi connectivity index (χ3n) is 4.73. The topological polar surface area (TPSA) is 49.4 Å². The van der Waals surface area contributed by atoms with Gasteiger partial charge < -0.3 is 5.32 Å². The van der Waals surface area contributed by atoms with Gasteiger partial charge in [0.1, 0.15) is 10.6 Å². The average molecular weight is 504 g/mol. The van der Waals surface area contributed by atoms with Crippen molar-refractivity contribution in [2.45, 2.75) is 18.7 Å². The summed E-state index contributed by atoms with van der Waals surface area (Å²) in [5.74, 6) is -0.843. The molecule has 3 aromatic carbocycles. The van der Waals surface area contributed by atoms with Crippen LogP contribution in [-0.2, 0) is 9.59 Å². The van der Waals surface area contributed by atoms with Crippen molar-refractivity contribution < 1.29 is 9.59 Å². The van der Waals surface area contributed by atoms with E-state index < -0.39 is 11.8 Å². The number of halogens is 3. The average Bonchev–Trinajstić information content (AvgIpc) is 2.95. The summed E-state index contributed by atoms with van der Waals surface area (Å²) in [6.07, 6.45) is 0. The number of carbonyl (C=O) groups is 2. The summed E-state index contributed by atoms with van der Waals surface area (Å²) in [4.78, 5) is 29.1. The second kappa shape index (κ2) is 9.20. The van der Waals surface area contributed by atoms with Gasteiger partial charge in [-0.15, -0.1) is 0 Å². The molecule has 0 fully saturated rings. The zero-order valence-electron chi connectivity index (χ0n) is 17.1. The molecular formula is C24H17Cl3N2O2S. The quantitative estimate of drug-likeness (QED) is 0.372. The Morgan fingerprint density at radius 1 is 0.781 bits per heavy atom. The van der Waals surface area contributed by atoms with E-state index in [9.17, 15) is 9.59 Å². The Morgan fingerprint density at radius 3 is 2.06 bits per heavy atom. The van der Waals surface area contributed by atoms with Crippen LogP contribution in [0.3, 0.4) is 0 Å². The van der Waals surface area contributed by atoms with E-state index in [2.05, 4.69) is 5.32 Å². The first-order valence-electron chi connectivity index (χ1n) is 9.60. The maximum atomic E-state index is 13.4. The van der Waals surface area contributed by atoms with E-state index in [1.807, 2.05) is 32.0 Å². The first-order chi connectivity index (χ1) is 15.2. The highest BCUT2D eigenvalue weighted by Crippen LogP contribution is 2.39. The molecule has 3 aromatic rings. The molecule has 1 N–H and O–H groups in total. The Hall–Kier alpha value is -2.44. The summed E-state index contributed by atoms with van der Waals surface area (Å²) >= 11 is 19.3. The largest absolute Gasteiger partial charge is 0.350 e. The van der Waals surface area contributed by atoms with Crippen molar-refractivity contribution in [1.29, 1.82) is 0 Å². The van der Waals surface area contributed by atoms with Gasteiger partial charge in [0.05, 0.1) is 15.7 Å². The molecule has 32 heavy (non-hydrogen) atoms. The van der Waals surface area contributed by atoms with Crippen molar-refractivity contribution in [3.63, 3.8) is 0 Å². The van der Waals surface area contributed by atoms with Crippen LogP contribution in [-0.4, -0.2) is 11.8 Å². The van der Waals surface area contributed by atoms with E-state index in [0.717, 1.165) is 16.0 Å². The van der Waals surface area contributed by atoms with Gasteiger partial charge in [0.2, 0.25) is 0 Å². The fourth-order valence-electron chi connectivity index (χ4n) is 3.37. The molecule has 0 unspecified atom stereocenters. The van der Waals surface area contributed by atoms with Gasteiger partial charge in [-0.05, 0) is 79.6 Å². The Bertz CT molecular complexity index is 1250. The summed E-state index contributed by atoms with van der Waals surface area (Å²) in [6.45, 7) is 3.85. The lowest BCUT2D eigenvalue weighted by Gasteiger charge is -2.17. The first-order valence-corrected chi connectivity index (χ1v) is 11.5. The minimum atomic E-state index is -0.442. The number of imide groups is 1. The number of anilines is 2. The van der Waals surface area contributed by atoms with E-state index >= 15 is 0 Å². The van der Waals surface area contributed by atoms with Gasteiger partial charge in [-0.3, -0.25) is 9.59 Å². The van der Waals surface area contributed by atoms with Gasteiger partial charge in [0.15, 0.2) is 0 Å². The number of amides is 2. The number of nitrogens with zero attached hydrogens (tertiary/aromatic N) is 1. The fraction of sp³-hybridized carbons (Fsp3) is 0.0833. The first kappa shape index (κ1) is 22.7. The lowest BCUT2D eigenvalue weighted by molar-refractivity contribution is -0.120. The number of hydrogen-bond donors (Lipinski definition) is 1. The summed E-state index contributed by atoms with van der Waals surface area (Å²) in [6, 6.07) is 17.6. The number of thioether (sulfide) groups is 1. The second-order valence-corrected chi connectivity index (χ2v) is 9.64. The van der Waals surface area contributed by atoms with Gasteiger partial charge in [0.25, 0.3) is 11.8 Å². The lowest BCUT2D eigenvalue weighted by Crippen LogP contribution is -2.32. The molecule has 0 bridgehead atoms. The van der Waals surface area contributed by atoms with Crippen molar-refractivity contribution in [1.82, 2.24) is 0 Å². The second-order valence-electron chi connectivity index (χ2n) is 7.31. The number of carbonyl (C=O) groups excluding carboxylic acids is 2. The monoisotopic (exact) mass is 502 g/mol. The zero-order chi connectivity index (χ0) is 23.0. The van der Waals surface area contributed by atoms with E-state index in [0.29, 0.717) is 26.4 Å². The smallest absolute Gasteiger partial charge is 0.283 e. The number of aryl methyl sites for hydroxylation is 2. The molecule has 162 valence electrons. The van der Waals surface area contributed by atoms with Crippen LogP contribution in [0, 0.1) is 13.8 Å². The van der Waals surface area contributed by atoms with E-state index in [-0.39, 0.29) is 10.6 Å². The molecule has 0 atom stereocenters. The molecule has 0 saturated carbocycles. The van der Waals surface area contributed by atoms with Crippen molar-refractivity contribution in [2.75, 3.05) is 10.2 Å². The maximum Gasteiger partial charge on any atom is 0.283 e. The molecule has 0 aliphatic carbocycles. The van der Waals surface area contributed by atoms with Crippen molar-refractivity contribution >= 4 is 69.8 Å². The molecule has 4 rings (SSSR count). The van der Waals surface area contributed by atoms with Gasteiger partial charge in [-0.2, -0.15) is 0 Å². The van der Waals surface area contributed by atoms with Crippen LogP contribution in [0.15, 0.2) is 76.2 Å². The van der Waals surface area contributed by atoms with E-state index in [4.69, 9.17) is 34.8 Å². The molecule has 0 spiro atoms. The molecule has 0 aromatic heterocycles. The fourth-order valence-corrected chi connectivity index (χ4v) is 4.72. The number of benzene rings is 3. The SMILES string of the molecule is Cc1cc(C)cc(N2C(=O)C(Nc3ccc(Cl)c(Cl)c3)=C(Sc3ccc(Cl)cc3)C2=O)c1. The van der Waals surface area contributed by atoms with E-state index in [1.165, 1.54) is 16.7 Å². The highest BCUT2D eigenvalue weighted by molar-refractivity contribution is 8.04. The van der Waals surface area contributed by atoms with Gasteiger partial charge >= 0.3 is 0 Å². The Kier molecular flexibility index (Phi) is 6.54. The highest BCUT2D eigenvalue weighted by Gasteiger charge is 2.40. The molecule has 0 radical (unpaired) electrons. The van der Waals surface area contributed by atoms with Crippen LogP contribution in [0.5, 0.6) is 0 Å². The number of hydrogen-bond acceptors (Lipinski definition) is 4. The van der Waals surface area contributed by atoms with E-state index in [1.54, 1.807) is 42.5 Å². The molecule has 1 aliphatic heterocycles. The van der Waals surface area contributed by atoms with Crippen molar-refractivity contribution in [3.05, 3.63) is 97.5 Å². The number of rotatable bonds is 5. The lowest BCUT2D eigenvalue weighted by atomic mass is 10.1. The summed E-state index contributed by atoms with van der Waals surface area (Å²) in [7, 11) is 0. The summed E-state index contributed by atoms with van der Waals surface area (Å²) in [5, 5.41) is 4.40. The molecule has 2 amide bonds. The van der Waals surface area contributed by atoms with Crippen molar-refractivity contribution in [3.8, 4) is 0 Å². The molecule has 8 heteroatoms. The van der Waals surface area contributed by atoms with Gasteiger partial charge in [-0.25, -0.2) is 4.90 Å². The standard InChI is InChI=1S/C24H17Cl3N2O2S/c1-13-9-14(2)11-17(10-13)29-23(30)21(28-16-5-8-19(26)20(27)12-16)22(24(29)31)32-18-6-3-15(25)4-7-18/h3-12,28H,1-2H3. The van der Waals surface area contributed by atoms with Gasteiger partial charge in [-0.1, -0.05) is 52.6 Å². The van der Waals surface area contributed by atoms with Crippen LogP contribution in [0.1, 0.15) is 11.1 Å².